The Kier molecular flexibility index (Phi) is 8.21. The van der Waals surface area contributed by atoms with E-state index in [1.54, 1.807) is 18.2 Å². The molecule has 0 unspecified atom stereocenters. The molecule has 27 heavy (non-hydrogen) atoms. The molecule has 2 aromatic rings. The first-order valence-electron chi connectivity index (χ1n) is 9.18. The minimum Gasteiger partial charge on any atom is -0.490 e. The highest BCUT2D eigenvalue weighted by atomic mass is 35.5. The number of amides is 1. The van der Waals surface area contributed by atoms with Crippen LogP contribution < -0.4 is 14.8 Å². The van der Waals surface area contributed by atoms with Crippen molar-refractivity contribution in [1.82, 2.24) is 0 Å². The van der Waals surface area contributed by atoms with Crippen LogP contribution in [0.1, 0.15) is 37.8 Å². The molecule has 0 bridgehead atoms. The Morgan fingerprint density at radius 2 is 1.93 bits per heavy atom. The molecule has 0 atom stereocenters. The quantitative estimate of drug-likeness (QED) is 0.431. The standard InChI is InChI=1S/C22H26ClNO3/c1-4-6-13-27-20-11-7-17(15-21(20)26-5-2)8-12-22(25)24-19-10-9-18(23)14-16(19)3/h7-12,14-15H,4-6,13H2,1-3H3,(H,24,25)/b12-8+. The normalized spacial score (nSPS) is 10.8. The smallest absolute Gasteiger partial charge is 0.248 e. The van der Waals surface area contributed by atoms with Gasteiger partial charge in [-0.3, -0.25) is 4.79 Å². The average molecular weight is 388 g/mol. The molecule has 0 aliphatic heterocycles. The first-order chi connectivity index (χ1) is 13.0. The van der Waals surface area contributed by atoms with E-state index in [9.17, 15) is 4.79 Å². The van der Waals surface area contributed by atoms with E-state index in [0.717, 1.165) is 35.4 Å². The lowest BCUT2D eigenvalue weighted by molar-refractivity contribution is -0.111. The number of anilines is 1. The Balaban J connectivity index is 2.06. The summed E-state index contributed by atoms with van der Waals surface area (Å²) in [6.07, 6.45) is 5.32. The van der Waals surface area contributed by atoms with Gasteiger partial charge in [-0.05, 0) is 67.8 Å². The van der Waals surface area contributed by atoms with Crippen LogP contribution in [0.25, 0.3) is 6.08 Å². The van der Waals surface area contributed by atoms with E-state index in [4.69, 9.17) is 21.1 Å². The summed E-state index contributed by atoms with van der Waals surface area (Å²) in [4.78, 5) is 12.2. The number of carbonyl (C=O) groups excluding carboxylic acids is 1. The summed E-state index contributed by atoms with van der Waals surface area (Å²) in [5, 5.41) is 3.50. The number of rotatable bonds is 9. The molecule has 0 aromatic heterocycles. The number of halogens is 1. The monoisotopic (exact) mass is 387 g/mol. The van der Waals surface area contributed by atoms with Crippen LogP contribution in [0, 0.1) is 6.92 Å². The summed E-state index contributed by atoms with van der Waals surface area (Å²) >= 11 is 5.94. The van der Waals surface area contributed by atoms with E-state index in [0.29, 0.717) is 24.0 Å². The molecule has 0 spiro atoms. The third-order valence-corrected chi connectivity index (χ3v) is 4.13. The van der Waals surface area contributed by atoms with Gasteiger partial charge in [0.15, 0.2) is 11.5 Å². The summed E-state index contributed by atoms with van der Waals surface area (Å²) in [5.74, 6) is 1.20. The minimum absolute atomic E-state index is 0.207. The topological polar surface area (TPSA) is 47.6 Å². The zero-order chi connectivity index (χ0) is 19.6. The molecule has 5 heteroatoms. The second-order valence-electron chi connectivity index (χ2n) is 6.12. The van der Waals surface area contributed by atoms with Gasteiger partial charge in [0.05, 0.1) is 13.2 Å². The summed E-state index contributed by atoms with van der Waals surface area (Å²) in [5.41, 5.74) is 2.52. The average Bonchev–Trinajstić information content (AvgIpc) is 2.64. The molecule has 0 fully saturated rings. The molecule has 2 aromatic carbocycles. The fourth-order valence-corrected chi connectivity index (χ4v) is 2.68. The van der Waals surface area contributed by atoms with Crippen LogP contribution in [0.15, 0.2) is 42.5 Å². The molecule has 0 radical (unpaired) electrons. The predicted molar refractivity (Wildman–Crippen MR) is 112 cm³/mol. The maximum atomic E-state index is 12.2. The summed E-state index contributed by atoms with van der Waals surface area (Å²) in [7, 11) is 0. The fraction of sp³-hybridized carbons (Fsp3) is 0.318. The van der Waals surface area contributed by atoms with Crippen molar-refractivity contribution >= 4 is 29.3 Å². The van der Waals surface area contributed by atoms with Crippen molar-refractivity contribution in [3.05, 3.63) is 58.6 Å². The lowest BCUT2D eigenvalue weighted by atomic mass is 10.1. The van der Waals surface area contributed by atoms with E-state index in [1.165, 1.54) is 6.08 Å². The van der Waals surface area contributed by atoms with Gasteiger partial charge in [0.25, 0.3) is 0 Å². The minimum atomic E-state index is -0.207. The predicted octanol–water partition coefficient (Wildman–Crippen LogP) is 5.88. The SMILES string of the molecule is CCCCOc1ccc(/C=C/C(=O)Nc2ccc(Cl)cc2C)cc1OCC. The van der Waals surface area contributed by atoms with Gasteiger partial charge < -0.3 is 14.8 Å². The number of carbonyl (C=O) groups is 1. The molecule has 0 saturated carbocycles. The Morgan fingerprint density at radius 3 is 2.63 bits per heavy atom. The van der Waals surface area contributed by atoms with E-state index in [-0.39, 0.29) is 5.91 Å². The second-order valence-corrected chi connectivity index (χ2v) is 6.56. The van der Waals surface area contributed by atoms with E-state index in [2.05, 4.69) is 12.2 Å². The van der Waals surface area contributed by atoms with Crippen LogP contribution in [0.5, 0.6) is 11.5 Å². The van der Waals surface area contributed by atoms with Gasteiger partial charge in [0.2, 0.25) is 5.91 Å². The lowest BCUT2D eigenvalue weighted by Gasteiger charge is -2.12. The van der Waals surface area contributed by atoms with Crippen LogP contribution >= 0.6 is 11.6 Å². The molecule has 1 N–H and O–H groups in total. The van der Waals surface area contributed by atoms with Crippen molar-refractivity contribution in [2.24, 2.45) is 0 Å². The largest absolute Gasteiger partial charge is 0.490 e. The summed E-state index contributed by atoms with van der Waals surface area (Å²) in [6.45, 7) is 7.16. The lowest BCUT2D eigenvalue weighted by Crippen LogP contribution is -2.08. The third-order valence-electron chi connectivity index (χ3n) is 3.90. The number of aryl methyl sites for hydroxylation is 1. The highest BCUT2D eigenvalue weighted by Gasteiger charge is 2.06. The number of benzene rings is 2. The molecule has 0 saturated heterocycles. The third kappa shape index (κ3) is 6.65. The highest BCUT2D eigenvalue weighted by molar-refractivity contribution is 6.30. The van der Waals surface area contributed by atoms with Gasteiger partial charge in [-0.2, -0.15) is 0 Å². The van der Waals surface area contributed by atoms with Crippen molar-refractivity contribution in [2.75, 3.05) is 18.5 Å². The van der Waals surface area contributed by atoms with Crippen LogP contribution in [0.2, 0.25) is 5.02 Å². The maximum absolute atomic E-state index is 12.2. The fourth-order valence-electron chi connectivity index (χ4n) is 2.46. The number of unbranched alkanes of at least 4 members (excludes halogenated alkanes) is 1. The zero-order valence-corrected chi connectivity index (χ0v) is 16.8. The number of ether oxygens (including phenoxy) is 2. The molecule has 0 aliphatic carbocycles. The molecule has 0 heterocycles. The Morgan fingerprint density at radius 1 is 1.11 bits per heavy atom. The van der Waals surface area contributed by atoms with Crippen LogP contribution in [0.3, 0.4) is 0 Å². The molecule has 1 amide bonds. The van der Waals surface area contributed by atoms with Gasteiger partial charge in [-0.15, -0.1) is 0 Å². The van der Waals surface area contributed by atoms with Gasteiger partial charge in [-0.1, -0.05) is 31.0 Å². The van der Waals surface area contributed by atoms with E-state index in [1.807, 2.05) is 38.1 Å². The van der Waals surface area contributed by atoms with Gasteiger partial charge in [0.1, 0.15) is 0 Å². The van der Waals surface area contributed by atoms with Gasteiger partial charge in [-0.25, -0.2) is 0 Å². The van der Waals surface area contributed by atoms with Crippen molar-refractivity contribution in [2.45, 2.75) is 33.6 Å². The Hall–Kier alpha value is -2.46. The highest BCUT2D eigenvalue weighted by Crippen LogP contribution is 2.29. The molecule has 144 valence electrons. The van der Waals surface area contributed by atoms with Crippen molar-refractivity contribution in [1.29, 1.82) is 0 Å². The number of hydrogen-bond donors (Lipinski definition) is 1. The Bertz CT molecular complexity index is 802. The van der Waals surface area contributed by atoms with Crippen LogP contribution in [-0.4, -0.2) is 19.1 Å². The van der Waals surface area contributed by atoms with Gasteiger partial charge in [0, 0.05) is 16.8 Å². The summed E-state index contributed by atoms with van der Waals surface area (Å²) < 4.78 is 11.4. The van der Waals surface area contributed by atoms with Crippen LogP contribution in [0.4, 0.5) is 5.69 Å². The van der Waals surface area contributed by atoms with E-state index < -0.39 is 0 Å². The molecule has 0 aliphatic rings. The van der Waals surface area contributed by atoms with Crippen molar-refractivity contribution in [3.63, 3.8) is 0 Å². The number of nitrogens with one attached hydrogen (secondary N) is 1. The second kappa shape index (κ2) is 10.6. The molecule has 4 nitrogen and oxygen atoms in total. The molecular formula is C22H26ClNO3. The first kappa shape index (κ1) is 20.8. The van der Waals surface area contributed by atoms with Crippen molar-refractivity contribution < 1.29 is 14.3 Å². The Labute approximate surface area is 166 Å². The van der Waals surface area contributed by atoms with Gasteiger partial charge >= 0.3 is 0 Å². The summed E-state index contributed by atoms with van der Waals surface area (Å²) in [6, 6.07) is 11.0. The van der Waals surface area contributed by atoms with E-state index >= 15 is 0 Å². The maximum Gasteiger partial charge on any atom is 0.248 e. The van der Waals surface area contributed by atoms with Crippen LogP contribution in [-0.2, 0) is 4.79 Å². The number of hydrogen-bond acceptors (Lipinski definition) is 3. The molecular weight excluding hydrogens is 362 g/mol. The van der Waals surface area contributed by atoms with Crippen molar-refractivity contribution in [3.8, 4) is 11.5 Å². The molecule has 2 rings (SSSR count). The zero-order valence-electron chi connectivity index (χ0n) is 16.0. The first-order valence-corrected chi connectivity index (χ1v) is 9.56.